The molecule has 2 heterocycles. The van der Waals surface area contributed by atoms with Gasteiger partial charge in [-0.3, -0.25) is 4.79 Å². The average Bonchev–Trinajstić information content (AvgIpc) is 2.94. The van der Waals surface area contributed by atoms with E-state index in [-0.39, 0.29) is 17.4 Å². The van der Waals surface area contributed by atoms with Gasteiger partial charge in [0.05, 0.1) is 22.6 Å². The van der Waals surface area contributed by atoms with Crippen molar-refractivity contribution >= 4 is 21.7 Å². The van der Waals surface area contributed by atoms with Gasteiger partial charge in [0.2, 0.25) is 0 Å². The van der Waals surface area contributed by atoms with Gasteiger partial charge in [-0.2, -0.15) is 0 Å². The molecule has 1 amide bonds. The van der Waals surface area contributed by atoms with Crippen LogP contribution in [0.4, 0.5) is 0 Å². The van der Waals surface area contributed by atoms with Gasteiger partial charge in [0.1, 0.15) is 6.10 Å². The lowest BCUT2D eigenvalue weighted by Crippen LogP contribution is -2.47. The van der Waals surface area contributed by atoms with Crippen LogP contribution in [0.5, 0.6) is 0 Å². The molecule has 4 rings (SSSR count). The fourth-order valence-corrected chi connectivity index (χ4v) is 5.94. The zero-order valence-electron chi connectivity index (χ0n) is 15.5. The molecule has 0 aromatic heterocycles. The number of fused-ring (bicyclic) bond motifs is 1. The highest BCUT2D eigenvalue weighted by atomic mass is 32.2. The largest absolute Gasteiger partial charge is 0.454 e. The van der Waals surface area contributed by atoms with Crippen LogP contribution in [-0.4, -0.2) is 37.3 Å². The van der Waals surface area contributed by atoms with E-state index >= 15 is 0 Å². The lowest BCUT2D eigenvalue weighted by atomic mass is 9.92. The molecule has 146 valence electrons. The lowest BCUT2D eigenvalue weighted by Gasteiger charge is -2.26. The standard InChI is InChI=1S/C21H21NO5S/c1-21(9-10-28(25,26)13-21)22-19(23)15-7-8-17-16(11-15)12-18(27-20(17)24)14-5-3-2-4-6-14/h2-8,11,18H,9-10,12-13H2,1H3,(H,22,23)/t18-,21-/m1/s1. The Morgan fingerprint density at radius 3 is 2.61 bits per heavy atom. The SMILES string of the molecule is C[C@@]1(NC(=O)c2ccc3c(c2)C[C@H](c2ccccc2)OC3=O)CCS(=O)(=O)C1. The maximum absolute atomic E-state index is 12.7. The second-order valence-corrected chi connectivity index (χ2v) is 9.92. The third kappa shape index (κ3) is 3.67. The fraction of sp³-hybridized carbons (Fsp3) is 0.333. The number of benzene rings is 2. The minimum Gasteiger partial charge on any atom is -0.454 e. The van der Waals surface area contributed by atoms with Crippen LogP contribution in [0.3, 0.4) is 0 Å². The summed E-state index contributed by atoms with van der Waals surface area (Å²) >= 11 is 0. The van der Waals surface area contributed by atoms with E-state index in [4.69, 9.17) is 4.74 Å². The van der Waals surface area contributed by atoms with Crippen LogP contribution < -0.4 is 5.32 Å². The smallest absolute Gasteiger partial charge is 0.339 e. The molecule has 0 bridgehead atoms. The minimum atomic E-state index is -3.12. The van der Waals surface area contributed by atoms with Crippen LogP contribution in [0.25, 0.3) is 0 Å². The van der Waals surface area contributed by atoms with Gasteiger partial charge in [-0.25, -0.2) is 13.2 Å². The van der Waals surface area contributed by atoms with Gasteiger partial charge in [-0.15, -0.1) is 0 Å². The number of hydrogen-bond donors (Lipinski definition) is 1. The Balaban J connectivity index is 1.57. The summed E-state index contributed by atoms with van der Waals surface area (Å²) in [6.07, 6.45) is 0.490. The number of nitrogens with one attached hydrogen (secondary N) is 1. The van der Waals surface area contributed by atoms with Crippen molar-refractivity contribution in [1.82, 2.24) is 5.32 Å². The third-order valence-corrected chi connectivity index (χ3v) is 7.24. The molecule has 7 heteroatoms. The molecule has 2 aliphatic heterocycles. The predicted molar refractivity (Wildman–Crippen MR) is 104 cm³/mol. The van der Waals surface area contributed by atoms with Crippen LogP contribution in [0.2, 0.25) is 0 Å². The highest BCUT2D eigenvalue weighted by Gasteiger charge is 2.39. The van der Waals surface area contributed by atoms with E-state index in [0.29, 0.717) is 24.0 Å². The van der Waals surface area contributed by atoms with E-state index in [1.54, 1.807) is 25.1 Å². The van der Waals surface area contributed by atoms with Crippen molar-refractivity contribution in [2.45, 2.75) is 31.4 Å². The number of cyclic esters (lactones) is 1. The average molecular weight is 399 g/mol. The normalized spacial score (nSPS) is 25.6. The molecule has 1 saturated heterocycles. The summed E-state index contributed by atoms with van der Waals surface area (Å²) in [7, 11) is -3.12. The summed E-state index contributed by atoms with van der Waals surface area (Å²) in [5.41, 5.74) is 1.75. The van der Waals surface area contributed by atoms with Crippen molar-refractivity contribution in [3.63, 3.8) is 0 Å². The minimum absolute atomic E-state index is 0.0565. The number of carbonyl (C=O) groups excluding carboxylic acids is 2. The summed E-state index contributed by atoms with van der Waals surface area (Å²) < 4.78 is 29.1. The van der Waals surface area contributed by atoms with Crippen molar-refractivity contribution < 1.29 is 22.7 Å². The van der Waals surface area contributed by atoms with Crippen molar-refractivity contribution in [3.05, 3.63) is 70.8 Å². The first-order chi connectivity index (χ1) is 13.2. The number of amides is 1. The van der Waals surface area contributed by atoms with Gasteiger partial charge in [0, 0.05) is 12.0 Å². The lowest BCUT2D eigenvalue weighted by molar-refractivity contribution is 0.0252. The molecule has 2 atom stereocenters. The number of ether oxygens (including phenoxy) is 1. The van der Waals surface area contributed by atoms with Gasteiger partial charge in [-0.1, -0.05) is 30.3 Å². The van der Waals surface area contributed by atoms with Crippen LogP contribution in [0.1, 0.15) is 51.3 Å². The van der Waals surface area contributed by atoms with E-state index in [2.05, 4.69) is 5.32 Å². The van der Waals surface area contributed by atoms with E-state index in [0.717, 1.165) is 11.1 Å². The van der Waals surface area contributed by atoms with Gasteiger partial charge in [-0.05, 0) is 42.7 Å². The predicted octanol–water partition coefficient (Wildman–Crippen LogP) is 2.45. The topological polar surface area (TPSA) is 89.5 Å². The quantitative estimate of drug-likeness (QED) is 0.801. The van der Waals surface area contributed by atoms with Crippen molar-refractivity contribution in [2.24, 2.45) is 0 Å². The van der Waals surface area contributed by atoms with Crippen LogP contribution in [0, 0.1) is 0 Å². The second kappa shape index (κ2) is 6.74. The van der Waals surface area contributed by atoms with Crippen molar-refractivity contribution in [3.8, 4) is 0 Å². The molecule has 0 radical (unpaired) electrons. The fourth-order valence-electron chi connectivity index (χ4n) is 3.85. The van der Waals surface area contributed by atoms with E-state index in [1.807, 2.05) is 30.3 Å². The van der Waals surface area contributed by atoms with Crippen LogP contribution in [0.15, 0.2) is 48.5 Å². The summed E-state index contributed by atoms with van der Waals surface area (Å²) in [4.78, 5) is 25.1. The molecular weight excluding hydrogens is 378 g/mol. The van der Waals surface area contributed by atoms with Crippen molar-refractivity contribution in [1.29, 1.82) is 0 Å². The highest BCUT2D eigenvalue weighted by molar-refractivity contribution is 7.91. The number of rotatable bonds is 3. The molecule has 2 aliphatic rings. The van der Waals surface area contributed by atoms with Crippen molar-refractivity contribution in [2.75, 3.05) is 11.5 Å². The Morgan fingerprint density at radius 2 is 1.93 bits per heavy atom. The molecule has 28 heavy (non-hydrogen) atoms. The Bertz CT molecular complexity index is 1050. The van der Waals surface area contributed by atoms with Crippen LogP contribution >= 0.6 is 0 Å². The van der Waals surface area contributed by atoms with E-state index in [9.17, 15) is 18.0 Å². The maximum atomic E-state index is 12.7. The summed E-state index contributed by atoms with van der Waals surface area (Å²) in [6.45, 7) is 1.75. The number of sulfone groups is 1. The number of carbonyl (C=O) groups is 2. The first kappa shape index (κ1) is 18.7. The Labute approximate surface area is 163 Å². The van der Waals surface area contributed by atoms with E-state index < -0.39 is 27.4 Å². The molecule has 0 aliphatic carbocycles. The Morgan fingerprint density at radius 1 is 1.18 bits per heavy atom. The maximum Gasteiger partial charge on any atom is 0.339 e. The first-order valence-corrected chi connectivity index (χ1v) is 11.0. The first-order valence-electron chi connectivity index (χ1n) is 9.17. The number of esters is 1. The molecular formula is C21H21NO5S. The summed E-state index contributed by atoms with van der Waals surface area (Å²) in [5, 5.41) is 2.85. The monoisotopic (exact) mass is 399 g/mol. The molecule has 0 spiro atoms. The Hall–Kier alpha value is -2.67. The second-order valence-electron chi connectivity index (χ2n) is 7.74. The van der Waals surface area contributed by atoms with Gasteiger partial charge in [0.25, 0.3) is 5.91 Å². The molecule has 6 nitrogen and oxygen atoms in total. The third-order valence-electron chi connectivity index (χ3n) is 5.33. The summed E-state index contributed by atoms with van der Waals surface area (Å²) in [5.74, 6) is -0.717. The summed E-state index contributed by atoms with van der Waals surface area (Å²) in [6, 6.07) is 14.4. The molecule has 0 unspecified atom stereocenters. The van der Waals surface area contributed by atoms with Gasteiger partial charge >= 0.3 is 5.97 Å². The Kier molecular flexibility index (Phi) is 4.50. The highest BCUT2D eigenvalue weighted by Crippen LogP contribution is 2.31. The molecule has 0 saturated carbocycles. The van der Waals surface area contributed by atoms with E-state index in [1.165, 1.54) is 0 Å². The molecule has 2 aromatic carbocycles. The zero-order chi connectivity index (χ0) is 19.9. The molecule has 2 aromatic rings. The van der Waals surface area contributed by atoms with Gasteiger partial charge < -0.3 is 10.1 Å². The molecule has 1 N–H and O–H groups in total. The molecule has 1 fully saturated rings. The van der Waals surface area contributed by atoms with Crippen LogP contribution in [-0.2, 0) is 21.0 Å². The number of hydrogen-bond acceptors (Lipinski definition) is 5. The van der Waals surface area contributed by atoms with Gasteiger partial charge in [0.15, 0.2) is 9.84 Å². The zero-order valence-corrected chi connectivity index (χ0v) is 16.3.